The minimum absolute atomic E-state index is 0.0121. The summed E-state index contributed by atoms with van der Waals surface area (Å²) in [6.07, 6.45) is 0.981. The first-order valence-electron chi connectivity index (χ1n) is 8.30. The fraction of sp³-hybridized carbons (Fsp3) is 0.350. The zero-order valence-electron chi connectivity index (χ0n) is 14.4. The number of anilines is 1. The highest BCUT2D eigenvalue weighted by atomic mass is 32.2. The van der Waals surface area contributed by atoms with Gasteiger partial charge in [0.15, 0.2) is 6.61 Å². The van der Waals surface area contributed by atoms with Gasteiger partial charge in [-0.2, -0.15) is 0 Å². The average Bonchev–Trinajstić information content (AvgIpc) is 2.73. The van der Waals surface area contributed by atoms with Gasteiger partial charge in [0.05, 0.1) is 5.69 Å². The number of rotatable bonds is 3. The summed E-state index contributed by atoms with van der Waals surface area (Å²) in [6.45, 7) is 7.04. The molecule has 0 aliphatic carbocycles. The third kappa shape index (κ3) is 3.75. The SMILES string of the molecule is Cc1ccc(C)c(OCC(=O)N2CCC(C)Sc3ccccc32)c1. The lowest BCUT2D eigenvalue weighted by atomic mass is 10.1. The van der Waals surface area contributed by atoms with E-state index in [1.165, 1.54) is 4.90 Å². The molecular weight excluding hydrogens is 318 g/mol. The van der Waals surface area contributed by atoms with Crippen molar-refractivity contribution in [1.82, 2.24) is 0 Å². The Morgan fingerprint density at radius 2 is 2.04 bits per heavy atom. The summed E-state index contributed by atoms with van der Waals surface area (Å²) in [4.78, 5) is 15.8. The van der Waals surface area contributed by atoms with Gasteiger partial charge in [0.1, 0.15) is 5.75 Å². The van der Waals surface area contributed by atoms with Crippen LogP contribution in [0.25, 0.3) is 0 Å². The van der Waals surface area contributed by atoms with E-state index in [0.29, 0.717) is 5.25 Å². The summed E-state index contributed by atoms with van der Waals surface area (Å²) in [5, 5.41) is 0.504. The van der Waals surface area contributed by atoms with E-state index >= 15 is 0 Å². The van der Waals surface area contributed by atoms with Gasteiger partial charge in [0.25, 0.3) is 5.91 Å². The number of benzene rings is 2. The Morgan fingerprint density at radius 1 is 1.25 bits per heavy atom. The van der Waals surface area contributed by atoms with E-state index in [9.17, 15) is 4.79 Å². The van der Waals surface area contributed by atoms with Crippen molar-refractivity contribution >= 4 is 23.4 Å². The smallest absolute Gasteiger partial charge is 0.264 e. The second-order valence-electron chi connectivity index (χ2n) is 6.29. The highest BCUT2D eigenvalue weighted by molar-refractivity contribution is 8.00. The third-order valence-corrected chi connectivity index (χ3v) is 5.48. The van der Waals surface area contributed by atoms with Gasteiger partial charge in [0.2, 0.25) is 0 Å². The molecule has 0 radical (unpaired) electrons. The van der Waals surface area contributed by atoms with Crippen molar-refractivity contribution in [3.05, 3.63) is 53.6 Å². The van der Waals surface area contributed by atoms with Gasteiger partial charge in [-0.05, 0) is 49.6 Å². The topological polar surface area (TPSA) is 29.5 Å². The molecule has 0 bridgehead atoms. The van der Waals surface area contributed by atoms with Gasteiger partial charge >= 0.3 is 0 Å². The summed E-state index contributed by atoms with van der Waals surface area (Å²) in [5.74, 6) is 0.798. The predicted molar refractivity (Wildman–Crippen MR) is 100 cm³/mol. The lowest BCUT2D eigenvalue weighted by Gasteiger charge is -2.22. The van der Waals surface area contributed by atoms with Crippen LogP contribution in [-0.2, 0) is 4.79 Å². The Morgan fingerprint density at radius 3 is 2.88 bits per heavy atom. The van der Waals surface area contributed by atoms with Gasteiger partial charge in [-0.15, -0.1) is 11.8 Å². The molecule has 1 atom stereocenters. The van der Waals surface area contributed by atoms with E-state index in [0.717, 1.165) is 35.5 Å². The maximum absolute atomic E-state index is 12.8. The lowest BCUT2D eigenvalue weighted by Crippen LogP contribution is -2.36. The van der Waals surface area contributed by atoms with Gasteiger partial charge in [-0.25, -0.2) is 0 Å². The van der Waals surface area contributed by atoms with Crippen molar-refractivity contribution < 1.29 is 9.53 Å². The Kier molecular flexibility index (Phi) is 5.14. The van der Waals surface area contributed by atoms with Crippen LogP contribution in [0.15, 0.2) is 47.4 Å². The van der Waals surface area contributed by atoms with E-state index in [-0.39, 0.29) is 12.5 Å². The van der Waals surface area contributed by atoms with Crippen LogP contribution in [0.5, 0.6) is 5.75 Å². The number of carbonyl (C=O) groups is 1. The molecule has 1 aliphatic rings. The maximum atomic E-state index is 12.8. The minimum Gasteiger partial charge on any atom is -0.483 e. The zero-order valence-corrected chi connectivity index (χ0v) is 15.2. The molecular formula is C20H23NO2S. The highest BCUT2D eigenvalue weighted by Crippen LogP contribution is 2.37. The number of para-hydroxylation sites is 1. The van der Waals surface area contributed by atoms with Gasteiger partial charge in [-0.3, -0.25) is 4.79 Å². The molecule has 0 spiro atoms. The molecule has 3 nitrogen and oxygen atoms in total. The number of hydrogen-bond donors (Lipinski definition) is 0. The Labute approximate surface area is 148 Å². The first-order chi connectivity index (χ1) is 11.5. The average molecular weight is 341 g/mol. The van der Waals surface area contributed by atoms with E-state index in [4.69, 9.17) is 4.74 Å². The zero-order chi connectivity index (χ0) is 17.1. The lowest BCUT2D eigenvalue weighted by molar-refractivity contribution is -0.120. The van der Waals surface area contributed by atoms with Crippen LogP contribution < -0.4 is 9.64 Å². The van der Waals surface area contributed by atoms with Gasteiger partial charge < -0.3 is 9.64 Å². The molecule has 0 aromatic heterocycles. The van der Waals surface area contributed by atoms with Gasteiger partial charge in [0, 0.05) is 16.7 Å². The molecule has 2 aromatic carbocycles. The molecule has 1 amide bonds. The quantitative estimate of drug-likeness (QED) is 0.817. The van der Waals surface area contributed by atoms with Crippen molar-refractivity contribution in [2.24, 2.45) is 0 Å². The molecule has 1 unspecified atom stereocenters. The summed E-state index contributed by atoms with van der Waals surface area (Å²) in [7, 11) is 0. The van der Waals surface area contributed by atoms with E-state index in [1.807, 2.05) is 66.9 Å². The Balaban J connectivity index is 1.76. The van der Waals surface area contributed by atoms with Crippen molar-refractivity contribution in [3.63, 3.8) is 0 Å². The Hall–Kier alpha value is -1.94. The summed E-state index contributed by atoms with van der Waals surface area (Å²) < 4.78 is 5.82. The van der Waals surface area contributed by atoms with Crippen molar-refractivity contribution in [1.29, 1.82) is 0 Å². The van der Waals surface area contributed by atoms with Crippen LogP contribution in [0, 0.1) is 13.8 Å². The maximum Gasteiger partial charge on any atom is 0.264 e. The molecule has 0 N–H and O–H groups in total. The number of aryl methyl sites for hydroxylation is 2. The summed E-state index contributed by atoms with van der Waals surface area (Å²) in [5.41, 5.74) is 3.18. The standard InChI is InChI=1S/C20H23NO2S/c1-14-8-9-15(2)18(12-14)23-13-20(22)21-11-10-16(3)24-19-7-5-4-6-17(19)21/h4-9,12,16H,10-11,13H2,1-3H3. The number of carbonyl (C=O) groups excluding carboxylic acids is 1. The van der Waals surface area contributed by atoms with Crippen LogP contribution >= 0.6 is 11.8 Å². The van der Waals surface area contributed by atoms with Crippen LogP contribution in [0.3, 0.4) is 0 Å². The van der Waals surface area contributed by atoms with Crippen molar-refractivity contribution in [2.75, 3.05) is 18.1 Å². The molecule has 0 saturated heterocycles. The number of thioether (sulfide) groups is 1. The number of hydrogen-bond acceptors (Lipinski definition) is 3. The summed E-state index contributed by atoms with van der Waals surface area (Å²) >= 11 is 1.84. The third-order valence-electron chi connectivity index (χ3n) is 4.24. The molecule has 0 saturated carbocycles. The molecule has 4 heteroatoms. The predicted octanol–water partition coefficient (Wildman–Crippen LogP) is 4.60. The van der Waals surface area contributed by atoms with Crippen LogP contribution in [0.1, 0.15) is 24.5 Å². The van der Waals surface area contributed by atoms with Crippen LogP contribution in [0.4, 0.5) is 5.69 Å². The largest absolute Gasteiger partial charge is 0.483 e. The fourth-order valence-electron chi connectivity index (χ4n) is 2.83. The fourth-order valence-corrected chi connectivity index (χ4v) is 3.94. The summed E-state index contributed by atoms with van der Waals surface area (Å²) in [6, 6.07) is 14.2. The van der Waals surface area contributed by atoms with E-state index in [2.05, 4.69) is 13.0 Å². The number of amides is 1. The molecule has 126 valence electrons. The second-order valence-corrected chi connectivity index (χ2v) is 7.77. The van der Waals surface area contributed by atoms with Crippen molar-refractivity contribution in [3.8, 4) is 5.75 Å². The molecule has 2 aromatic rings. The minimum atomic E-state index is 0.0121. The van der Waals surface area contributed by atoms with E-state index < -0.39 is 0 Å². The van der Waals surface area contributed by atoms with E-state index in [1.54, 1.807) is 0 Å². The van der Waals surface area contributed by atoms with Crippen LogP contribution in [0.2, 0.25) is 0 Å². The number of nitrogens with zero attached hydrogens (tertiary/aromatic N) is 1. The first kappa shape index (κ1) is 16.9. The second kappa shape index (κ2) is 7.31. The van der Waals surface area contributed by atoms with Crippen LogP contribution in [-0.4, -0.2) is 24.3 Å². The first-order valence-corrected chi connectivity index (χ1v) is 9.18. The molecule has 24 heavy (non-hydrogen) atoms. The molecule has 1 heterocycles. The molecule has 3 rings (SSSR count). The monoisotopic (exact) mass is 341 g/mol. The Bertz CT molecular complexity index is 744. The normalized spacial score (nSPS) is 17.1. The number of fused-ring (bicyclic) bond motifs is 1. The van der Waals surface area contributed by atoms with Gasteiger partial charge in [-0.1, -0.05) is 31.2 Å². The molecule has 0 fully saturated rings. The highest BCUT2D eigenvalue weighted by Gasteiger charge is 2.24. The molecule has 1 aliphatic heterocycles. The van der Waals surface area contributed by atoms with Crippen molar-refractivity contribution in [2.45, 2.75) is 37.3 Å². The number of ether oxygens (including phenoxy) is 1.